The molecule has 2 aromatic carbocycles. The molecule has 0 spiro atoms. The highest BCUT2D eigenvalue weighted by atomic mass is 35.5. The first-order chi connectivity index (χ1) is 11.3. The van der Waals surface area contributed by atoms with Crippen LogP contribution in [-0.2, 0) is 12.8 Å². The molecule has 2 nitrogen and oxygen atoms in total. The second kappa shape index (κ2) is 6.21. The fraction of sp³-hybridized carbons (Fsp3) is 0.250. The topological polar surface area (TPSA) is 17.8 Å². The zero-order valence-electron chi connectivity index (χ0n) is 13.0. The second-order valence-corrected chi connectivity index (χ2v) is 6.64. The fourth-order valence-electron chi connectivity index (χ4n) is 3.53. The van der Waals surface area contributed by atoms with Crippen LogP contribution < -0.4 is 0 Å². The molecule has 1 heterocycles. The minimum Gasteiger partial charge on any atom is -0.326 e. The van der Waals surface area contributed by atoms with Crippen LogP contribution in [0.1, 0.15) is 41.1 Å². The number of aryl methyl sites for hydroxylation is 2. The average Bonchev–Trinajstić information content (AvgIpc) is 3.11. The Labute approximate surface area is 141 Å². The summed E-state index contributed by atoms with van der Waals surface area (Å²) < 4.78 is 2.16. The van der Waals surface area contributed by atoms with Gasteiger partial charge in [0.2, 0.25) is 0 Å². The molecule has 0 aliphatic heterocycles. The van der Waals surface area contributed by atoms with E-state index in [2.05, 4.69) is 39.9 Å². The van der Waals surface area contributed by atoms with E-state index in [9.17, 15) is 0 Å². The van der Waals surface area contributed by atoms with Crippen LogP contribution in [0.15, 0.2) is 61.2 Å². The number of benzene rings is 2. The third-order valence-electron chi connectivity index (χ3n) is 4.70. The molecule has 116 valence electrons. The van der Waals surface area contributed by atoms with Gasteiger partial charge < -0.3 is 4.57 Å². The highest BCUT2D eigenvalue weighted by Crippen LogP contribution is 2.31. The molecule has 4 rings (SSSR count). The molecule has 0 saturated carbocycles. The van der Waals surface area contributed by atoms with E-state index < -0.39 is 0 Å². The van der Waals surface area contributed by atoms with Gasteiger partial charge in [0.05, 0.1) is 12.4 Å². The lowest BCUT2D eigenvalue weighted by Gasteiger charge is -2.23. The Kier molecular flexibility index (Phi) is 3.92. The maximum Gasteiger partial charge on any atom is 0.0954 e. The van der Waals surface area contributed by atoms with Crippen molar-refractivity contribution in [1.82, 2.24) is 9.55 Å². The summed E-state index contributed by atoms with van der Waals surface area (Å²) in [6.45, 7) is 0. The highest BCUT2D eigenvalue weighted by molar-refractivity contribution is 6.30. The summed E-state index contributed by atoms with van der Waals surface area (Å²) >= 11 is 6.06. The number of imidazole rings is 1. The lowest BCUT2D eigenvalue weighted by molar-refractivity contribution is 0.660. The molecule has 1 aromatic heterocycles. The van der Waals surface area contributed by atoms with Crippen LogP contribution >= 0.6 is 11.6 Å². The van der Waals surface area contributed by atoms with Crippen LogP contribution in [0.5, 0.6) is 0 Å². The average molecular weight is 323 g/mol. The quantitative estimate of drug-likeness (QED) is 0.659. The zero-order valence-corrected chi connectivity index (χ0v) is 13.7. The summed E-state index contributed by atoms with van der Waals surface area (Å²) in [5, 5.41) is 0.767. The molecule has 1 aliphatic carbocycles. The summed E-state index contributed by atoms with van der Waals surface area (Å²) in [6, 6.07) is 15.2. The van der Waals surface area contributed by atoms with Crippen molar-refractivity contribution in [2.45, 2.75) is 31.7 Å². The summed E-state index contributed by atoms with van der Waals surface area (Å²) in [7, 11) is 0. The Hall–Kier alpha value is -2.06. The standard InChI is InChI=1S/C20H19ClN2/c21-19-9-7-16(8-10-19)20(23-12-11-22-14-23)18-6-5-15-3-1-2-4-17(15)13-18/h5-14,20H,1-4H2. The van der Waals surface area contributed by atoms with Gasteiger partial charge in [0.25, 0.3) is 0 Å². The summed E-state index contributed by atoms with van der Waals surface area (Å²) in [5.74, 6) is 0. The van der Waals surface area contributed by atoms with E-state index in [0.717, 1.165) is 5.02 Å². The van der Waals surface area contributed by atoms with E-state index in [1.54, 1.807) is 0 Å². The molecule has 3 heteroatoms. The molecule has 0 fully saturated rings. The van der Waals surface area contributed by atoms with Crippen molar-refractivity contribution < 1.29 is 0 Å². The number of halogens is 1. The van der Waals surface area contributed by atoms with Crippen molar-refractivity contribution in [3.63, 3.8) is 0 Å². The molecular formula is C20H19ClN2. The Morgan fingerprint density at radius 2 is 1.65 bits per heavy atom. The Morgan fingerprint density at radius 1 is 0.913 bits per heavy atom. The highest BCUT2D eigenvalue weighted by Gasteiger charge is 2.18. The Morgan fingerprint density at radius 3 is 2.39 bits per heavy atom. The van der Waals surface area contributed by atoms with E-state index in [1.807, 2.05) is 30.9 Å². The van der Waals surface area contributed by atoms with Crippen molar-refractivity contribution in [2.24, 2.45) is 0 Å². The number of hydrogen-bond acceptors (Lipinski definition) is 1. The predicted octanol–water partition coefficient (Wildman–Crippen LogP) is 5.05. The van der Waals surface area contributed by atoms with Crippen LogP contribution in [0.2, 0.25) is 5.02 Å². The Balaban J connectivity index is 1.80. The van der Waals surface area contributed by atoms with Gasteiger partial charge in [0.15, 0.2) is 0 Å². The van der Waals surface area contributed by atoms with Crippen molar-refractivity contribution in [3.8, 4) is 0 Å². The van der Waals surface area contributed by atoms with E-state index in [4.69, 9.17) is 11.6 Å². The van der Waals surface area contributed by atoms with Crippen molar-refractivity contribution in [2.75, 3.05) is 0 Å². The monoisotopic (exact) mass is 322 g/mol. The summed E-state index contributed by atoms with van der Waals surface area (Å²) in [5.41, 5.74) is 5.56. The van der Waals surface area contributed by atoms with Gasteiger partial charge in [0, 0.05) is 17.4 Å². The van der Waals surface area contributed by atoms with Gasteiger partial charge in [-0.3, -0.25) is 0 Å². The molecule has 1 atom stereocenters. The predicted molar refractivity (Wildman–Crippen MR) is 94.0 cm³/mol. The molecule has 0 radical (unpaired) electrons. The van der Waals surface area contributed by atoms with Gasteiger partial charge in [-0.1, -0.05) is 41.9 Å². The first-order valence-electron chi connectivity index (χ1n) is 8.16. The van der Waals surface area contributed by atoms with Crippen LogP contribution in [0.4, 0.5) is 0 Å². The van der Waals surface area contributed by atoms with E-state index in [1.165, 1.54) is 47.9 Å². The van der Waals surface area contributed by atoms with Crippen LogP contribution in [0.25, 0.3) is 0 Å². The second-order valence-electron chi connectivity index (χ2n) is 6.20. The summed E-state index contributed by atoms with van der Waals surface area (Å²) in [4.78, 5) is 4.24. The molecule has 23 heavy (non-hydrogen) atoms. The lowest BCUT2D eigenvalue weighted by Crippen LogP contribution is -2.12. The first-order valence-corrected chi connectivity index (χ1v) is 8.54. The molecular weight excluding hydrogens is 304 g/mol. The number of aromatic nitrogens is 2. The van der Waals surface area contributed by atoms with Crippen molar-refractivity contribution >= 4 is 11.6 Å². The van der Waals surface area contributed by atoms with Gasteiger partial charge in [-0.2, -0.15) is 0 Å². The maximum atomic E-state index is 6.06. The number of nitrogens with zero attached hydrogens (tertiary/aromatic N) is 2. The van der Waals surface area contributed by atoms with Gasteiger partial charge in [-0.25, -0.2) is 4.98 Å². The molecule has 1 unspecified atom stereocenters. The first kappa shape index (κ1) is 14.5. The van der Waals surface area contributed by atoms with Crippen molar-refractivity contribution in [1.29, 1.82) is 0 Å². The number of fused-ring (bicyclic) bond motifs is 1. The smallest absolute Gasteiger partial charge is 0.0954 e. The molecule has 0 amide bonds. The van der Waals surface area contributed by atoms with E-state index in [-0.39, 0.29) is 6.04 Å². The molecule has 1 aliphatic rings. The van der Waals surface area contributed by atoms with E-state index >= 15 is 0 Å². The number of rotatable bonds is 3. The van der Waals surface area contributed by atoms with Gasteiger partial charge >= 0.3 is 0 Å². The molecule has 3 aromatic rings. The zero-order chi connectivity index (χ0) is 15.6. The van der Waals surface area contributed by atoms with Gasteiger partial charge in [0.1, 0.15) is 0 Å². The third-order valence-corrected chi connectivity index (χ3v) is 4.95. The van der Waals surface area contributed by atoms with Crippen LogP contribution in [-0.4, -0.2) is 9.55 Å². The maximum absolute atomic E-state index is 6.06. The van der Waals surface area contributed by atoms with Crippen molar-refractivity contribution in [3.05, 3.63) is 88.5 Å². The van der Waals surface area contributed by atoms with E-state index in [0.29, 0.717) is 0 Å². The molecule has 0 bridgehead atoms. The number of hydrogen-bond donors (Lipinski definition) is 0. The normalized spacial score (nSPS) is 15.2. The minimum atomic E-state index is 0.141. The lowest BCUT2D eigenvalue weighted by atomic mass is 9.88. The Bertz CT molecular complexity index is 791. The molecule has 0 saturated heterocycles. The molecule has 0 N–H and O–H groups in total. The third kappa shape index (κ3) is 2.91. The summed E-state index contributed by atoms with van der Waals surface area (Å²) in [6.07, 6.45) is 10.8. The van der Waals surface area contributed by atoms with Crippen LogP contribution in [0.3, 0.4) is 0 Å². The largest absolute Gasteiger partial charge is 0.326 e. The van der Waals surface area contributed by atoms with Crippen LogP contribution in [0, 0.1) is 0 Å². The SMILES string of the molecule is Clc1ccc(C(c2ccc3c(c2)CCCC3)n2ccnc2)cc1. The fourth-order valence-corrected chi connectivity index (χ4v) is 3.65. The minimum absolute atomic E-state index is 0.141. The van der Waals surface area contributed by atoms with Gasteiger partial charge in [-0.15, -0.1) is 0 Å². The van der Waals surface area contributed by atoms with Gasteiger partial charge in [-0.05, 0) is 60.1 Å².